The van der Waals surface area contributed by atoms with E-state index in [4.69, 9.17) is 0 Å². The summed E-state index contributed by atoms with van der Waals surface area (Å²) in [6.45, 7) is 6.76. The van der Waals surface area contributed by atoms with Crippen molar-refractivity contribution < 1.29 is 37.5 Å². The van der Waals surface area contributed by atoms with E-state index in [1.165, 1.54) is 5.56 Å². The molecule has 0 aliphatic heterocycles. The van der Waals surface area contributed by atoms with E-state index in [2.05, 4.69) is 23.2 Å². The number of hydrogen-bond donors (Lipinski definition) is 1. The third-order valence-electron chi connectivity index (χ3n) is 3.58. The summed E-state index contributed by atoms with van der Waals surface area (Å²) in [6.07, 6.45) is 2.27. The van der Waals surface area contributed by atoms with Crippen molar-refractivity contribution >= 4 is 17.7 Å². The molecule has 2 rings (SSSR count). The van der Waals surface area contributed by atoms with Crippen LogP contribution in [0.4, 0.5) is 5.69 Å². The summed E-state index contributed by atoms with van der Waals surface area (Å²) in [5.74, 6) is -0.125. The summed E-state index contributed by atoms with van der Waals surface area (Å²) >= 11 is 0. The molecule has 0 spiro atoms. The molecule has 0 fully saturated rings. The number of benzene rings is 2. The van der Waals surface area contributed by atoms with Crippen LogP contribution in [0.3, 0.4) is 0 Å². The first-order chi connectivity index (χ1) is 11.5. The molecule has 0 heterocycles. The Bertz CT molecular complexity index is 721. The van der Waals surface area contributed by atoms with E-state index in [-0.39, 0.29) is 38.6 Å². The second-order valence-electron chi connectivity index (χ2n) is 6.13. The van der Waals surface area contributed by atoms with Gasteiger partial charge in [-0.2, -0.15) is 6.42 Å². The average Bonchev–Trinajstić information content (AvgIpc) is 2.54. The molecule has 2 aromatic carbocycles. The Morgan fingerprint density at radius 2 is 1.92 bits per heavy atom. The Hall–Kier alpha value is -1.29. The van der Waals surface area contributed by atoms with Gasteiger partial charge in [0.2, 0.25) is 5.91 Å². The van der Waals surface area contributed by atoms with E-state index in [0.29, 0.717) is 12.0 Å². The number of nitrogens with one attached hydrogen (secondary N) is 1. The second-order valence-corrected chi connectivity index (χ2v) is 6.13. The third kappa shape index (κ3) is 7.23. The number of nitrogens with zero attached hydrogens (tertiary/aromatic N) is 1. The minimum atomic E-state index is -0.125. The minimum absolute atomic E-state index is 0. The van der Waals surface area contributed by atoms with Crippen LogP contribution in [0, 0.1) is 19.9 Å². The van der Waals surface area contributed by atoms with Crippen molar-refractivity contribution in [2.75, 3.05) is 19.4 Å². The predicted octanol–water partition coefficient (Wildman–Crippen LogP) is 4.10. The third-order valence-corrected chi connectivity index (χ3v) is 3.58. The quantitative estimate of drug-likeness (QED) is 0.576. The number of carbonyl (C=O) groups excluding carboxylic acids is 1. The van der Waals surface area contributed by atoms with Crippen LogP contribution < -0.4 is 5.32 Å². The topological polar surface area (TPSA) is 32.3 Å². The molecule has 4 heteroatoms. The predicted molar refractivity (Wildman–Crippen MR) is 100 cm³/mol. The van der Waals surface area contributed by atoms with E-state index in [1.807, 2.05) is 69.6 Å². The Kier molecular flexibility index (Phi) is 9.27. The molecule has 0 aliphatic rings. The molecule has 0 aliphatic carbocycles. The van der Waals surface area contributed by atoms with Crippen LogP contribution in [0.15, 0.2) is 48.0 Å². The van der Waals surface area contributed by atoms with Crippen LogP contribution in [0.5, 0.6) is 0 Å². The van der Waals surface area contributed by atoms with Crippen molar-refractivity contribution in [3.05, 3.63) is 77.7 Å². The standard InChI is InChI=1S/C21H24N2O.Y/c1-5-19(14-18-8-6-7-16(2)13-18)21(24)22-20-11-9-17(10-12-20)15-23(3)4;/h6-7,9-14H,1,5,15H2,2-4H3,(H,22,24);/q-2;/b19-14+;. The summed E-state index contributed by atoms with van der Waals surface area (Å²) in [5.41, 5.74) is 4.66. The number of amides is 1. The van der Waals surface area contributed by atoms with Crippen LogP contribution in [0.1, 0.15) is 23.1 Å². The van der Waals surface area contributed by atoms with E-state index < -0.39 is 0 Å². The number of anilines is 1. The van der Waals surface area contributed by atoms with E-state index in [0.717, 1.165) is 23.4 Å². The van der Waals surface area contributed by atoms with Crippen LogP contribution in [0.2, 0.25) is 0 Å². The largest absolute Gasteiger partial charge is 0.340 e. The molecule has 0 bridgehead atoms. The van der Waals surface area contributed by atoms with Crippen LogP contribution in [-0.2, 0) is 44.0 Å². The zero-order chi connectivity index (χ0) is 17.5. The first-order valence-electron chi connectivity index (χ1n) is 8.01. The van der Waals surface area contributed by atoms with Crippen molar-refractivity contribution in [2.45, 2.75) is 19.9 Å². The molecular formula is C21H24N2OY-2. The van der Waals surface area contributed by atoms with Crippen molar-refractivity contribution in [1.29, 1.82) is 0 Å². The van der Waals surface area contributed by atoms with Crippen molar-refractivity contribution in [3.8, 4) is 0 Å². The Morgan fingerprint density at radius 3 is 2.48 bits per heavy atom. The van der Waals surface area contributed by atoms with Crippen LogP contribution in [-0.4, -0.2) is 24.9 Å². The fourth-order valence-electron chi connectivity index (χ4n) is 2.40. The zero-order valence-electron chi connectivity index (χ0n) is 15.2. The molecule has 1 amide bonds. The van der Waals surface area contributed by atoms with Gasteiger partial charge >= 0.3 is 0 Å². The van der Waals surface area contributed by atoms with Crippen molar-refractivity contribution in [1.82, 2.24) is 4.90 Å². The second kappa shape index (κ2) is 10.6. The fraction of sp³-hybridized carbons (Fsp3) is 0.238. The van der Waals surface area contributed by atoms with E-state index in [1.54, 1.807) is 0 Å². The molecule has 2 aromatic rings. The van der Waals surface area contributed by atoms with Gasteiger partial charge in [0.15, 0.2) is 0 Å². The number of rotatable bonds is 6. The van der Waals surface area contributed by atoms with Crippen molar-refractivity contribution in [2.24, 2.45) is 0 Å². The molecule has 0 saturated heterocycles. The Labute approximate surface area is 176 Å². The summed E-state index contributed by atoms with van der Waals surface area (Å²) < 4.78 is 0. The molecule has 1 radical (unpaired) electrons. The van der Waals surface area contributed by atoms with Crippen LogP contribution >= 0.6 is 0 Å². The number of carbonyl (C=O) groups is 1. The number of aryl methyl sites for hydroxylation is 1. The first-order valence-corrected chi connectivity index (χ1v) is 8.01. The van der Waals surface area contributed by atoms with Gasteiger partial charge in [-0.25, -0.2) is 0 Å². The maximum atomic E-state index is 12.5. The smallest absolute Gasteiger partial charge is 0.239 e. The van der Waals surface area contributed by atoms with E-state index in [9.17, 15) is 4.79 Å². The summed E-state index contributed by atoms with van der Waals surface area (Å²) in [4.78, 5) is 14.6. The normalized spacial score (nSPS) is 11.2. The monoisotopic (exact) mass is 409 g/mol. The molecule has 0 unspecified atom stereocenters. The first kappa shape index (κ1) is 21.8. The summed E-state index contributed by atoms with van der Waals surface area (Å²) in [5, 5.41) is 2.93. The Morgan fingerprint density at radius 1 is 1.24 bits per heavy atom. The van der Waals surface area contributed by atoms with E-state index >= 15 is 0 Å². The van der Waals surface area contributed by atoms with Gasteiger partial charge < -0.3 is 17.1 Å². The van der Waals surface area contributed by atoms with Gasteiger partial charge in [-0.3, -0.25) is 4.79 Å². The maximum Gasteiger partial charge on any atom is 0.239 e. The average molecular weight is 409 g/mol. The van der Waals surface area contributed by atoms with Gasteiger partial charge in [0.1, 0.15) is 0 Å². The number of hydrogen-bond acceptors (Lipinski definition) is 2. The van der Waals surface area contributed by atoms with Gasteiger partial charge in [-0.05, 0) is 31.8 Å². The molecule has 0 saturated carbocycles. The fourth-order valence-corrected chi connectivity index (χ4v) is 2.40. The molecule has 0 atom stereocenters. The Balaban J connectivity index is 0.00000312. The zero-order valence-corrected chi connectivity index (χ0v) is 18.0. The SMILES string of the molecule is [CH2-]C/C(=C\c1[c-]ccc(C)c1)C(=O)Nc1ccc(CN(C)C)cc1.[Y]. The molecule has 3 nitrogen and oxygen atoms in total. The molecular weight excluding hydrogens is 385 g/mol. The molecule has 1 N–H and O–H groups in total. The molecule has 129 valence electrons. The summed E-state index contributed by atoms with van der Waals surface area (Å²) in [7, 11) is 4.06. The van der Waals surface area contributed by atoms with Crippen LogP contribution in [0.25, 0.3) is 6.08 Å². The van der Waals surface area contributed by atoms with Gasteiger partial charge in [-0.1, -0.05) is 24.6 Å². The van der Waals surface area contributed by atoms with Gasteiger partial charge in [-0.15, -0.1) is 41.5 Å². The molecule has 25 heavy (non-hydrogen) atoms. The molecule has 0 aromatic heterocycles. The maximum absolute atomic E-state index is 12.5. The van der Waals surface area contributed by atoms with Crippen molar-refractivity contribution in [3.63, 3.8) is 0 Å². The van der Waals surface area contributed by atoms with Gasteiger partial charge in [0.25, 0.3) is 0 Å². The summed E-state index contributed by atoms with van der Waals surface area (Å²) in [6, 6.07) is 16.9. The minimum Gasteiger partial charge on any atom is -0.340 e. The van der Waals surface area contributed by atoms with Gasteiger partial charge in [0.05, 0.1) is 0 Å². The van der Waals surface area contributed by atoms with Gasteiger partial charge in [0, 0.05) is 44.9 Å².